The standard InChI is InChI=1S/C12H16O5S/c1-2-17-12(16)7-18-10-5-3-4-9(13)8(10)6-11(14)15/h2-7H2,1H3,(H,14,15)/p-1. The number of thioether (sulfide) groups is 1. The van der Waals surface area contributed by atoms with Crippen LogP contribution in [0.2, 0.25) is 0 Å². The third-order valence-electron chi connectivity index (χ3n) is 2.47. The lowest BCUT2D eigenvalue weighted by Gasteiger charge is -2.19. The van der Waals surface area contributed by atoms with Gasteiger partial charge in [-0.1, -0.05) is 0 Å². The largest absolute Gasteiger partial charge is 0.550 e. The average molecular weight is 271 g/mol. The van der Waals surface area contributed by atoms with E-state index in [0.29, 0.717) is 30.8 Å². The second-order valence-electron chi connectivity index (χ2n) is 3.82. The Morgan fingerprint density at radius 1 is 1.39 bits per heavy atom. The average Bonchev–Trinajstić information content (AvgIpc) is 2.30. The van der Waals surface area contributed by atoms with E-state index in [0.717, 1.165) is 0 Å². The van der Waals surface area contributed by atoms with Crippen LogP contribution in [0.5, 0.6) is 0 Å². The van der Waals surface area contributed by atoms with E-state index in [2.05, 4.69) is 0 Å². The van der Waals surface area contributed by atoms with E-state index >= 15 is 0 Å². The summed E-state index contributed by atoms with van der Waals surface area (Å²) in [4.78, 5) is 34.1. The molecule has 5 nitrogen and oxygen atoms in total. The van der Waals surface area contributed by atoms with Gasteiger partial charge in [-0.3, -0.25) is 9.59 Å². The highest BCUT2D eigenvalue weighted by molar-refractivity contribution is 8.03. The van der Waals surface area contributed by atoms with E-state index in [1.54, 1.807) is 6.92 Å². The van der Waals surface area contributed by atoms with Gasteiger partial charge in [-0.05, 0) is 24.7 Å². The van der Waals surface area contributed by atoms with Crippen molar-refractivity contribution in [2.45, 2.75) is 32.6 Å². The van der Waals surface area contributed by atoms with Gasteiger partial charge in [-0.25, -0.2) is 0 Å². The SMILES string of the molecule is CCOC(=O)CSC1=C(CC(=O)[O-])C(=O)CCC1. The fourth-order valence-electron chi connectivity index (χ4n) is 1.72. The minimum absolute atomic E-state index is 0.104. The minimum Gasteiger partial charge on any atom is -0.550 e. The Hall–Kier alpha value is -1.30. The van der Waals surface area contributed by atoms with Crippen LogP contribution in [0.3, 0.4) is 0 Å². The number of Topliss-reactive ketones (excluding diaryl/α,β-unsaturated/α-hetero) is 1. The van der Waals surface area contributed by atoms with Crippen LogP contribution in [-0.4, -0.2) is 30.1 Å². The number of carbonyl (C=O) groups is 3. The van der Waals surface area contributed by atoms with Gasteiger partial charge in [-0.15, -0.1) is 11.8 Å². The number of hydrogen-bond acceptors (Lipinski definition) is 6. The highest BCUT2D eigenvalue weighted by atomic mass is 32.2. The molecular formula is C12H15O5S-. The van der Waals surface area contributed by atoms with E-state index in [1.165, 1.54) is 11.8 Å². The highest BCUT2D eigenvalue weighted by Crippen LogP contribution is 2.32. The van der Waals surface area contributed by atoms with Crippen molar-refractivity contribution in [1.29, 1.82) is 0 Å². The van der Waals surface area contributed by atoms with Crippen molar-refractivity contribution in [2.24, 2.45) is 0 Å². The fraction of sp³-hybridized carbons (Fsp3) is 0.583. The van der Waals surface area contributed by atoms with Crippen molar-refractivity contribution in [3.05, 3.63) is 10.5 Å². The summed E-state index contributed by atoms with van der Waals surface area (Å²) >= 11 is 1.19. The molecule has 0 aliphatic heterocycles. The molecule has 0 bridgehead atoms. The van der Waals surface area contributed by atoms with Gasteiger partial charge >= 0.3 is 5.97 Å². The molecule has 0 aromatic carbocycles. The van der Waals surface area contributed by atoms with Crippen molar-refractivity contribution in [1.82, 2.24) is 0 Å². The van der Waals surface area contributed by atoms with Gasteiger partial charge < -0.3 is 14.6 Å². The molecule has 0 aromatic heterocycles. The van der Waals surface area contributed by atoms with Crippen LogP contribution in [0.1, 0.15) is 32.6 Å². The topological polar surface area (TPSA) is 83.5 Å². The van der Waals surface area contributed by atoms with Crippen molar-refractivity contribution in [3.8, 4) is 0 Å². The van der Waals surface area contributed by atoms with Crippen molar-refractivity contribution >= 4 is 29.5 Å². The second kappa shape index (κ2) is 7.20. The molecule has 1 aliphatic rings. The minimum atomic E-state index is -1.27. The zero-order valence-corrected chi connectivity index (χ0v) is 11.0. The first-order valence-electron chi connectivity index (χ1n) is 5.78. The zero-order valence-electron chi connectivity index (χ0n) is 10.2. The number of allylic oxidation sites excluding steroid dienone is 1. The second-order valence-corrected chi connectivity index (χ2v) is 4.89. The van der Waals surface area contributed by atoms with Crippen LogP contribution in [0, 0.1) is 0 Å². The Morgan fingerprint density at radius 2 is 2.11 bits per heavy atom. The molecule has 18 heavy (non-hydrogen) atoms. The molecule has 0 heterocycles. The lowest BCUT2D eigenvalue weighted by atomic mass is 9.95. The van der Waals surface area contributed by atoms with Crippen LogP contribution in [0.4, 0.5) is 0 Å². The molecule has 1 rings (SSSR count). The number of hydrogen-bond donors (Lipinski definition) is 0. The number of esters is 1. The third kappa shape index (κ3) is 4.52. The van der Waals surface area contributed by atoms with E-state index in [4.69, 9.17) is 4.74 Å². The van der Waals surface area contributed by atoms with Crippen molar-refractivity contribution in [2.75, 3.05) is 12.4 Å². The molecule has 0 aromatic rings. The first-order chi connectivity index (χ1) is 8.54. The van der Waals surface area contributed by atoms with Gasteiger partial charge in [0.15, 0.2) is 5.78 Å². The maximum absolute atomic E-state index is 11.6. The van der Waals surface area contributed by atoms with Crippen molar-refractivity contribution < 1.29 is 24.2 Å². The van der Waals surface area contributed by atoms with E-state index in [1.807, 2.05) is 0 Å². The number of carbonyl (C=O) groups excluding carboxylic acids is 3. The van der Waals surface area contributed by atoms with Gasteiger partial charge in [-0.2, -0.15) is 0 Å². The lowest BCUT2D eigenvalue weighted by molar-refractivity contribution is -0.304. The van der Waals surface area contributed by atoms with Gasteiger partial charge in [0.1, 0.15) is 0 Å². The van der Waals surface area contributed by atoms with Crippen LogP contribution in [0.25, 0.3) is 0 Å². The smallest absolute Gasteiger partial charge is 0.316 e. The lowest BCUT2D eigenvalue weighted by Crippen LogP contribution is -2.25. The number of carboxylic acid groups (broad SMARTS) is 1. The summed E-state index contributed by atoms with van der Waals surface area (Å²) in [6, 6.07) is 0. The fourth-order valence-corrected chi connectivity index (χ4v) is 2.74. The molecule has 0 radical (unpaired) electrons. The molecule has 6 heteroatoms. The Balaban J connectivity index is 2.70. The molecule has 0 fully saturated rings. The molecule has 0 atom stereocenters. The zero-order chi connectivity index (χ0) is 13.5. The Labute approximate surface area is 110 Å². The predicted molar refractivity (Wildman–Crippen MR) is 64.6 cm³/mol. The Morgan fingerprint density at radius 3 is 2.72 bits per heavy atom. The Kier molecular flexibility index (Phi) is 5.91. The molecule has 0 spiro atoms. The summed E-state index contributed by atoms with van der Waals surface area (Å²) in [5.74, 6) is -1.68. The number of ketones is 1. The number of carboxylic acids is 1. The molecule has 0 saturated heterocycles. The maximum atomic E-state index is 11.6. The summed E-state index contributed by atoms with van der Waals surface area (Å²) in [7, 11) is 0. The van der Waals surface area contributed by atoms with Gasteiger partial charge in [0, 0.05) is 24.4 Å². The number of ether oxygens (including phenoxy) is 1. The van der Waals surface area contributed by atoms with E-state index in [9.17, 15) is 19.5 Å². The summed E-state index contributed by atoms with van der Waals surface area (Å²) in [6.45, 7) is 2.02. The van der Waals surface area contributed by atoms with Crippen LogP contribution in [-0.2, 0) is 19.1 Å². The molecule has 0 amide bonds. The van der Waals surface area contributed by atoms with Crippen LogP contribution < -0.4 is 5.11 Å². The highest BCUT2D eigenvalue weighted by Gasteiger charge is 2.21. The molecule has 1 aliphatic carbocycles. The molecule has 0 N–H and O–H groups in total. The number of aliphatic carboxylic acids is 1. The Bertz CT molecular complexity index is 386. The van der Waals surface area contributed by atoms with Gasteiger partial charge in [0.25, 0.3) is 0 Å². The van der Waals surface area contributed by atoms with Gasteiger partial charge in [0.05, 0.1) is 12.4 Å². The maximum Gasteiger partial charge on any atom is 0.316 e. The summed E-state index contributed by atoms with van der Waals surface area (Å²) in [5, 5.41) is 10.6. The number of rotatable bonds is 6. The van der Waals surface area contributed by atoms with Crippen molar-refractivity contribution in [3.63, 3.8) is 0 Å². The predicted octanol–water partition coefficient (Wildman–Crippen LogP) is 0.430. The summed E-state index contributed by atoms with van der Waals surface area (Å²) < 4.78 is 4.78. The molecule has 0 unspecified atom stereocenters. The summed E-state index contributed by atoms with van der Waals surface area (Å²) in [6.07, 6.45) is 1.33. The summed E-state index contributed by atoms with van der Waals surface area (Å²) in [5.41, 5.74) is 0.288. The molecule has 0 saturated carbocycles. The van der Waals surface area contributed by atoms with Crippen LogP contribution >= 0.6 is 11.8 Å². The van der Waals surface area contributed by atoms with Crippen LogP contribution in [0.15, 0.2) is 10.5 Å². The normalized spacial score (nSPS) is 15.7. The molecular weight excluding hydrogens is 256 g/mol. The monoisotopic (exact) mass is 271 g/mol. The third-order valence-corrected chi connectivity index (χ3v) is 3.65. The van der Waals surface area contributed by atoms with Gasteiger partial charge in [0.2, 0.25) is 0 Å². The quantitative estimate of drug-likeness (QED) is 0.651. The van der Waals surface area contributed by atoms with E-state index < -0.39 is 5.97 Å². The van der Waals surface area contributed by atoms with E-state index in [-0.39, 0.29) is 29.5 Å². The molecule has 100 valence electrons. The first-order valence-corrected chi connectivity index (χ1v) is 6.76. The first kappa shape index (κ1) is 14.8.